The van der Waals surface area contributed by atoms with Crippen LogP contribution in [0.1, 0.15) is 11.1 Å². The summed E-state index contributed by atoms with van der Waals surface area (Å²) >= 11 is 5.68. The molecule has 0 atom stereocenters. The van der Waals surface area contributed by atoms with Gasteiger partial charge in [0.15, 0.2) is 0 Å². The van der Waals surface area contributed by atoms with Gasteiger partial charge in [-0.1, -0.05) is 24.3 Å². The van der Waals surface area contributed by atoms with E-state index in [1.807, 2.05) is 24.3 Å². The van der Waals surface area contributed by atoms with E-state index in [9.17, 15) is 0 Å². The second-order valence-electron chi connectivity index (χ2n) is 3.54. The maximum absolute atomic E-state index is 8.92. The van der Waals surface area contributed by atoms with E-state index in [4.69, 9.17) is 16.7 Å². The van der Waals surface area contributed by atoms with Crippen LogP contribution >= 0.6 is 11.6 Å². The lowest BCUT2D eigenvalue weighted by Gasteiger charge is -2.06. The molecule has 0 radical (unpaired) electrons. The number of anilines is 1. The summed E-state index contributed by atoms with van der Waals surface area (Å²) in [5, 5.41) is 12.3. The molecule has 0 saturated heterocycles. The first-order chi connectivity index (χ1) is 8.28. The third-order valence-corrected chi connectivity index (χ3v) is 2.49. The molecular weight excluding hydrogens is 238 g/mol. The highest BCUT2D eigenvalue weighted by molar-refractivity contribution is 6.28. The Morgan fingerprint density at radius 2 is 1.82 bits per heavy atom. The summed E-state index contributed by atoms with van der Waals surface area (Å²) in [6.07, 6.45) is 1.60. The normalized spacial score (nSPS) is 10.2. The predicted octanol–water partition coefficient (Wildman–Crippen LogP) is 2.23. The molecule has 17 heavy (non-hydrogen) atoms. The summed E-state index contributed by atoms with van der Waals surface area (Å²) in [4.78, 5) is 7.83. The van der Waals surface area contributed by atoms with Gasteiger partial charge in [-0.15, -0.1) is 0 Å². The Balaban J connectivity index is 1.97. The lowest BCUT2D eigenvalue weighted by atomic mass is 10.1. The molecule has 4 nitrogen and oxygen atoms in total. The average Bonchev–Trinajstić information content (AvgIpc) is 2.37. The summed E-state index contributed by atoms with van der Waals surface area (Å²) in [7, 11) is 0. The van der Waals surface area contributed by atoms with Crippen molar-refractivity contribution in [2.24, 2.45) is 0 Å². The molecule has 0 saturated carbocycles. The number of nitrogens with zero attached hydrogens (tertiary/aromatic N) is 2. The minimum atomic E-state index is 0.0647. The highest BCUT2D eigenvalue weighted by Gasteiger charge is 1.97. The Hall–Kier alpha value is -1.65. The Labute approximate surface area is 104 Å². The van der Waals surface area contributed by atoms with E-state index in [2.05, 4.69) is 15.3 Å². The maximum atomic E-state index is 8.92. The van der Waals surface area contributed by atoms with Crippen LogP contribution in [0.4, 0.5) is 5.82 Å². The van der Waals surface area contributed by atoms with Crippen LogP contribution in [0.2, 0.25) is 5.28 Å². The number of nitrogens with one attached hydrogen (secondary N) is 1. The van der Waals surface area contributed by atoms with Crippen LogP contribution in [0.3, 0.4) is 0 Å². The quantitative estimate of drug-likeness (QED) is 0.816. The Kier molecular flexibility index (Phi) is 3.90. The van der Waals surface area contributed by atoms with Crippen molar-refractivity contribution in [3.05, 3.63) is 52.9 Å². The molecule has 2 N–H and O–H groups in total. The Bertz CT molecular complexity index is 487. The van der Waals surface area contributed by atoms with E-state index in [0.717, 1.165) is 11.1 Å². The summed E-state index contributed by atoms with van der Waals surface area (Å²) in [6, 6.07) is 9.46. The fourth-order valence-corrected chi connectivity index (χ4v) is 1.54. The SMILES string of the molecule is OCc1ccc(CNc2ccnc(Cl)n2)cc1. The molecule has 0 amide bonds. The van der Waals surface area contributed by atoms with Gasteiger partial charge >= 0.3 is 0 Å². The monoisotopic (exact) mass is 249 g/mol. The molecule has 0 aliphatic carbocycles. The number of hydrogen-bond acceptors (Lipinski definition) is 4. The molecule has 1 aromatic heterocycles. The molecule has 0 aliphatic heterocycles. The van der Waals surface area contributed by atoms with E-state index in [1.165, 1.54) is 0 Å². The van der Waals surface area contributed by atoms with Gasteiger partial charge < -0.3 is 10.4 Å². The fourth-order valence-electron chi connectivity index (χ4n) is 1.39. The van der Waals surface area contributed by atoms with Gasteiger partial charge in [-0.2, -0.15) is 0 Å². The van der Waals surface area contributed by atoms with Crippen LogP contribution in [0.5, 0.6) is 0 Å². The van der Waals surface area contributed by atoms with Crippen molar-refractivity contribution in [3.8, 4) is 0 Å². The van der Waals surface area contributed by atoms with Crippen molar-refractivity contribution in [1.29, 1.82) is 0 Å². The van der Waals surface area contributed by atoms with Crippen LogP contribution in [0, 0.1) is 0 Å². The van der Waals surface area contributed by atoms with E-state index in [0.29, 0.717) is 12.4 Å². The number of aromatic nitrogens is 2. The number of rotatable bonds is 4. The van der Waals surface area contributed by atoms with Gasteiger partial charge in [0.05, 0.1) is 6.61 Å². The predicted molar refractivity (Wildman–Crippen MR) is 66.7 cm³/mol. The lowest BCUT2D eigenvalue weighted by Crippen LogP contribution is -2.01. The standard InChI is InChI=1S/C12H12ClN3O/c13-12-14-6-5-11(16-12)15-7-9-1-3-10(8-17)4-2-9/h1-6,17H,7-8H2,(H,14,15,16). The minimum absolute atomic E-state index is 0.0647. The molecule has 0 unspecified atom stereocenters. The number of hydrogen-bond donors (Lipinski definition) is 2. The molecular formula is C12H12ClN3O. The van der Waals surface area contributed by atoms with Gasteiger partial charge in [-0.3, -0.25) is 0 Å². The summed E-state index contributed by atoms with van der Waals surface area (Å²) in [5.74, 6) is 0.691. The largest absolute Gasteiger partial charge is 0.392 e. The molecule has 1 aromatic carbocycles. The van der Waals surface area contributed by atoms with E-state index in [1.54, 1.807) is 12.3 Å². The zero-order chi connectivity index (χ0) is 12.1. The fraction of sp³-hybridized carbons (Fsp3) is 0.167. The van der Waals surface area contributed by atoms with Gasteiger partial charge in [0.1, 0.15) is 5.82 Å². The van der Waals surface area contributed by atoms with Gasteiger partial charge in [-0.05, 0) is 28.8 Å². The summed E-state index contributed by atoms with van der Waals surface area (Å²) in [6.45, 7) is 0.717. The Morgan fingerprint density at radius 1 is 1.12 bits per heavy atom. The van der Waals surface area contributed by atoms with E-state index < -0.39 is 0 Å². The van der Waals surface area contributed by atoms with Gasteiger partial charge in [-0.25, -0.2) is 9.97 Å². The van der Waals surface area contributed by atoms with Crippen molar-refractivity contribution in [2.75, 3.05) is 5.32 Å². The molecule has 2 rings (SSSR count). The molecule has 1 heterocycles. The number of halogens is 1. The first-order valence-electron chi connectivity index (χ1n) is 5.19. The topological polar surface area (TPSA) is 58.0 Å². The van der Waals surface area contributed by atoms with Crippen molar-refractivity contribution < 1.29 is 5.11 Å². The Morgan fingerprint density at radius 3 is 2.47 bits per heavy atom. The smallest absolute Gasteiger partial charge is 0.224 e. The lowest BCUT2D eigenvalue weighted by molar-refractivity contribution is 0.282. The van der Waals surface area contributed by atoms with Crippen molar-refractivity contribution in [2.45, 2.75) is 13.2 Å². The summed E-state index contributed by atoms with van der Waals surface area (Å²) < 4.78 is 0. The summed E-state index contributed by atoms with van der Waals surface area (Å²) in [5.41, 5.74) is 2.01. The van der Waals surface area contributed by atoms with Gasteiger partial charge in [0.2, 0.25) is 5.28 Å². The zero-order valence-electron chi connectivity index (χ0n) is 9.10. The molecule has 0 fully saturated rings. The number of aliphatic hydroxyl groups excluding tert-OH is 1. The number of aliphatic hydroxyl groups is 1. The van der Waals surface area contributed by atoms with Crippen molar-refractivity contribution >= 4 is 17.4 Å². The van der Waals surface area contributed by atoms with Crippen molar-refractivity contribution in [3.63, 3.8) is 0 Å². The van der Waals surface area contributed by atoms with Gasteiger partial charge in [0.25, 0.3) is 0 Å². The molecule has 0 spiro atoms. The van der Waals surface area contributed by atoms with Crippen LogP contribution in [-0.4, -0.2) is 15.1 Å². The highest BCUT2D eigenvalue weighted by Crippen LogP contribution is 2.09. The van der Waals surface area contributed by atoms with Crippen LogP contribution < -0.4 is 5.32 Å². The van der Waals surface area contributed by atoms with E-state index >= 15 is 0 Å². The highest BCUT2D eigenvalue weighted by atomic mass is 35.5. The number of benzene rings is 1. The molecule has 2 aromatic rings. The molecule has 0 aliphatic rings. The second-order valence-corrected chi connectivity index (χ2v) is 3.88. The molecule has 0 bridgehead atoms. The first-order valence-corrected chi connectivity index (χ1v) is 5.57. The van der Waals surface area contributed by atoms with E-state index in [-0.39, 0.29) is 11.9 Å². The zero-order valence-corrected chi connectivity index (χ0v) is 9.85. The molecule has 88 valence electrons. The van der Waals surface area contributed by atoms with Gasteiger partial charge in [0, 0.05) is 12.7 Å². The van der Waals surface area contributed by atoms with Crippen LogP contribution in [-0.2, 0) is 13.2 Å². The average molecular weight is 250 g/mol. The van der Waals surface area contributed by atoms with Crippen molar-refractivity contribution in [1.82, 2.24) is 9.97 Å². The second kappa shape index (κ2) is 5.61. The first kappa shape index (κ1) is 11.8. The third kappa shape index (κ3) is 3.41. The van der Waals surface area contributed by atoms with Crippen LogP contribution in [0.25, 0.3) is 0 Å². The third-order valence-electron chi connectivity index (χ3n) is 2.31. The molecule has 5 heteroatoms. The maximum Gasteiger partial charge on any atom is 0.224 e. The van der Waals surface area contributed by atoms with Crippen LogP contribution in [0.15, 0.2) is 36.5 Å². The minimum Gasteiger partial charge on any atom is -0.392 e.